The average molecular weight is 346 g/mol. The second-order valence-corrected chi connectivity index (χ2v) is 6.54. The van der Waals surface area contributed by atoms with Crippen molar-refractivity contribution in [1.29, 1.82) is 0 Å². The average Bonchev–Trinajstić information content (AvgIpc) is 2.86. The van der Waals surface area contributed by atoms with E-state index in [0.29, 0.717) is 0 Å². The molecule has 2 aliphatic rings. The minimum Gasteiger partial charge on any atom is -0.495 e. The molecule has 24 heavy (non-hydrogen) atoms. The molecule has 0 aromatic heterocycles. The molecule has 0 unspecified atom stereocenters. The first kappa shape index (κ1) is 7.18. The zero-order valence-corrected chi connectivity index (χ0v) is 13.9. The summed E-state index contributed by atoms with van der Waals surface area (Å²) in [4.78, 5) is -0.427. The summed E-state index contributed by atoms with van der Waals surface area (Å²) >= 11 is 0. The van der Waals surface area contributed by atoms with E-state index in [1.54, 1.807) is 27.7 Å². The van der Waals surface area contributed by atoms with Crippen molar-refractivity contribution in [3.05, 3.63) is 18.2 Å². The van der Waals surface area contributed by atoms with Gasteiger partial charge in [-0.2, -0.15) is 0 Å². The number of benzene rings is 1. The summed E-state index contributed by atoms with van der Waals surface area (Å²) in [7, 11) is -4.17. The number of rotatable bonds is 3. The molecule has 0 N–H and O–H groups in total. The van der Waals surface area contributed by atoms with E-state index in [1.807, 2.05) is 0 Å². The van der Waals surface area contributed by atoms with Gasteiger partial charge in [-0.3, -0.25) is 0 Å². The van der Waals surface area contributed by atoms with Crippen LogP contribution in [0, 0.1) is 0 Å². The summed E-state index contributed by atoms with van der Waals surface area (Å²) in [6, 6.07) is 3.41. The van der Waals surface area contributed by atoms with Crippen molar-refractivity contribution in [2.45, 2.75) is 38.9 Å². The Bertz CT molecular complexity index is 1050. The highest BCUT2D eigenvalue weighted by Crippen LogP contribution is 2.37. The molecule has 2 fully saturated rings. The largest absolute Gasteiger partial charge is 0.495 e. The molecule has 0 atom stereocenters. The SMILES string of the molecule is [2H]C([2H])([2H])Oc1cc(B2OC(C)(C)C(C)(C)O2)ccc1N1C([2H])([2H])C([2H])([2H])N(C([2H])([2H])[2H])C([2H])([2H])C1([2H])[2H]. The van der Waals surface area contributed by atoms with Crippen LogP contribution >= 0.6 is 0 Å². The predicted molar refractivity (Wildman–Crippen MR) is 98.4 cm³/mol. The van der Waals surface area contributed by atoms with Crippen molar-refractivity contribution in [3.63, 3.8) is 0 Å². The van der Waals surface area contributed by atoms with Crippen LogP contribution in [0.2, 0.25) is 0 Å². The number of piperazine rings is 1. The lowest BCUT2D eigenvalue weighted by molar-refractivity contribution is 0.00578. The Morgan fingerprint density at radius 3 is 2.38 bits per heavy atom. The molecule has 6 heteroatoms. The van der Waals surface area contributed by atoms with Crippen LogP contribution in [0.3, 0.4) is 0 Å². The molecule has 0 amide bonds. The van der Waals surface area contributed by atoms with Crippen LogP contribution in [0.5, 0.6) is 5.75 Å². The van der Waals surface area contributed by atoms with E-state index in [4.69, 9.17) is 33.2 Å². The molecule has 0 bridgehead atoms. The number of likely N-dealkylation sites (N-methyl/N-ethyl adjacent to an activating group) is 1. The summed E-state index contributed by atoms with van der Waals surface area (Å²) < 4.78 is 130. The van der Waals surface area contributed by atoms with Crippen molar-refractivity contribution in [3.8, 4) is 5.75 Å². The minimum atomic E-state index is -3.64. The number of hydrogen-bond acceptors (Lipinski definition) is 5. The minimum absolute atomic E-state index is 0.0390. The monoisotopic (exact) mass is 346 g/mol. The van der Waals surface area contributed by atoms with Gasteiger partial charge in [-0.05, 0) is 52.3 Å². The van der Waals surface area contributed by atoms with Crippen LogP contribution in [0.4, 0.5) is 5.69 Å². The van der Waals surface area contributed by atoms with Gasteiger partial charge in [0.15, 0.2) is 0 Å². The third kappa shape index (κ3) is 3.15. The fourth-order valence-corrected chi connectivity index (χ4v) is 2.30. The van der Waals surface area contributed by atoms with Crippen LogP contribution in [-0.2, 0) is 9.31 Å². The Hall–Kier alpha value is -1.24. The molecular weight excluding hydrogens is 303 g/mol. The van der Waals surface area contributed by atoms with Gasteiger partial charge in [0.2, 0.25) is 0 Å². The van der Waals surface area contributed by atoms with Gasteiger partial charge in [-0.15, -0.1) is 0 Å². The first-order valence-electron chi connectivity index (χ1n) is 14.4. The summed E-state index contributed by atoms with van der Waals surface area (Å²) in [5.41, 5.74) is -2.03. The molecule has 0 radical (unpaired) electrons. The van der Waals surface area contributed by atoms with Crippen LogP contribution in [0.15, 0.2) is 18.2 Å². The topological polar surface area (TPSA) is 34.2 Å². The van der Waals surface area contributed by atoms with Gasteiger partial charge in [-0.1, -0.05) is 6.07 Å². The lowest BCUT2D eigenvalue weighted by atomic mass is 9.79. The second kappa shape index (κ2) is 6.25. The number of nitrogens with zero attached hydrogens (tertiary/aromatic N) is 2. The fraction of sp³-hybridized carbons (Fsp3) is 0.667. The Labute approximate surface area is 165 Å². The molecule has 2 saturated heterocycles. The predicted octanol–water partition coefficient (Wildman–Crippen LogP) is 1.75. The Morgan fingerprint density at radius 2 is 1.79 bits per heavy atom. The maximum Gasteiger partial charge on any atom is 0.494 e. The van der Waals surface area contributed by atoms with Gasteiger partial charge in [0.05, 0.1) is 33.5 Å². The molecule has 132 valence electrons. The molecule has 0 saturated carbocycles. The zero-order valence-electron chi connectivity index (χ0n) is 27.9. The van der Waals surface area contributed by atoms with Crippen molar-refractivity contribution in [2.24, 2.45) is 0 Å². The molecule has 1 aromatic carbocycles. The smallest absolute Gasteiger partial charge is 0.494 e. The molecule has 5 nitrogen and oxygen atoms in total. The third-order valence-electron chi connectivity index (χ3n) is 4.41. The van der Waals surface area contributed by atoms with E-state index in [2.05, 4.69) is 0 Å². The van der Waals surface area contributed by atoms with Gasteiger partial charge in [-0.25, -0.2) is 0 Å². The standard InChI is InChI=1S/C18H29BN2O3/c1-17(2)18(3,4)24-19(23-17)14-7-8-15(16(13-14)22-6)21-11-9-20(5)10-12-21/h7-8,13H,9-12H2,1-6H3/i5D3,6D3,9D2,10D2,11D2,12D2. The van der Waals surface area contributed by atoms with Gasteiger partial charge < -0.3 is 23.8 Å². The van der Waals surface area contributed by atoms with Crippen molar-refractivity contribution < 1.29 is 33.2 Å². The van der Waals surface area contributed by atoms with Gasteiger partial charge in [0.1, 0.15) is 5.75 Å². The van der Waals surface area contributed by atoms with Crippen LogP contribution in [0.1, 0.15) is 46.9 Å². The second-order valence-electron chi connectivity index (χ2n) is 6.54. The molecule has 1 aromatic rings. The summed E-state index contributed by atoms with van der Waals surface area (Å²) in [6.45, 7) is -10.9. The van der Waals surface area contributed by atoms with E-state index in [0.717, 1.165) is 12.1 Å². The Kier molecular flexibility index (Phi) is 1.87. The van der Waals surface area contributed by atoms with Crippen LogP contribution in [0.25, 0.3) is 0 Å². The highest BCUT2D eigenvalue weighted by atomic mass is 16.7. The molecule has 2 aliphatic heterocycles. The van der Waals surface area contributed by atoms with E-state index >= 15 is 0 Å². The van der Waals surface area contributed by atoms with Gasteiger partial charge >= 0.3 is 7.12 Å². The molecule has 0 aliphatic carbocycles. The Balaban J connectivity index is 2.25. The fourth-order valence-electron chi connectivity index (χ4n) is 2.30. The zero-order chi connectivity index (χ0) is 29.7. The number of hydrogen-bond donors (Lipinski definition) is 0. The van der Waals surface area contributed by atoms with Crippen molar-refractivity contribution in [2.75, 3.05) is 44.9 Å². The molecular formula is C18H29BN2O3. The van der Waals surface area contributed by atoms with E-state index < -0.39 is 74.7 Å². The maximum atomic E-state index is 8.49. The lowest BCUT2D eigenvalue weighted by Gasteiger charge is -2.34. The highest BCUT2D eigenvalue weighted by Gasteiger charge is 2.51. The highest BCUT2D eigenvalue weighted by molar-refractivity contribution is 6.62. The number of anilines is 1. The lowest BCUT2D eigenvalue weighted by Crippen LogP contribution is -2.44. The number of methoxy groups -OCH3 is 1. The van der Waals surface area contributed by atoms with E-state index in [1.165, 1.54) is 6.07 Å². The maximum absolute atomic E-state index is 8.49. The first-order valence-corrected chi connectivity index (χ1v) is 7.41. The van der Waals surface area contributed by atoms with E-state index in [9.17, 15) is 0 Å². The molecule has 3 rings (SSSR count). The van der Waals surface area contributed by atoms with Crippen molar-refractivity contribution >= 4 is 18.3 Å². The first-order chi connectivity index (χ1) is 16.6. The number of ether oxygens (including phenoxy) is 1. The normalized spacial score (nSPS) is 41.7. The molecule has 0 spiro atoms. The summed E-state index contributed by atoms with van der Waals surface area (Å²) in [5.74, 6) is -0.654. The van der Waals surface area contributed by atoms with Crippen LogP contribution < -0.4 is 15.1 Å². The van der Waals surface area contributed by atoms with Gasteiger partial charge in [0.25, 0.3) is 0 Å². The Morgan fingerprint density at radius 1 is 1.12 bits per heavy atom. The quantitative estimate of drug-likeness (QED) is 0.779. The molecule has 2 heterocycles. The summed E-state index contributed by atoms with van der Waals surface area (Å²) in [6.07, 6.45) is 0. The van der Waals surface area contributed by atoms with Gasteiger partial charge in [0, 0.05) is 35.6 Å². The third-order valence-corrected chi connectivity index (χ3v) is 4.41. The van der Waals surface area contributed by atoms with Crippen LogP contribution in [-0.4, -0.2) is 63.2 Å². The van der Waals surface area contributed by atoms with E-state index in [-0.39, 0.29) is 10.4 Å². The summed E-state index contributed by atoms with van der Waals surface area (Å²) in [5, 5.41) is 0. The van der Waals surface area contributed by atoms with Crippen molar-refractivity contribution in [1.82, 2.24) is 4.90 Å².